The molecule has 0 saturated carbocycles. The Balaban J connectivity index is 1.43. The van der Waals surface area contributed by atoms with Gasteiger partial charge in [-0.1, -0.05) is 49.0 Å². The Hall–Kier alpha value is -3.91. The van der Waals surface area contributed by atoms with Crippen LogP contribution in [0.25, 0.3) is 6.08 Å². The molecule has 1 heterocycles. The summed E-state index contributed by atoms with van der Waals surface area (Å²) in [6.07, 6.45) is 2.81. The Morgan fingerprint density at radius 2 is 1.72 bits per heavy atom. The van der Waals surface area contributed by atoms with Gasteiger partial charge in [0.25, 0.3) is 5.91 Å². The number of nitrogens with one attached hydrogen (secondary N) is 2. The zero-order valence-electron chi connectivity index (χ0n) is 20.1. The van der Waals surface area contributed by atoms with E-state index in [1.54, 1.807) is 24.3 Å². The lowest BCUT2D eigenvalue weighted by atomic mass is 10.1. The molecule has 4 rings (SSSR count). The summed E-state index contributed by atoms with van der Waals surface area (Å²) in [6.45, 7) is 4.74. The maximum absolute atomic E-state index is 12.5. The smallest absolute Gasteiger partial charge is 0.335 e. The molecule has 0 aliphatic carbocycles. The highest BCUT2D eigenvalue weighted by atomic mass is 32.2. The molecule has 1 atom stereocenters. The average Bonchev–Trinajstić information content (AvgIpc) is 3.22. The third kappa shape index (κ3) is 6.40. The van der Waals surface area contributed by atoms with Crippen LogP contribution in [0.4, 0.5) is 5.69 Å². The maximum atomic E-state index is 12.5. The minimum atomic E-state index is -0.965. The number of anilines is 1. The molecule has 0 radical (unpaired) electrons. The SMILES string of the molecule is CCOc1cc(/C=C2/SC(Nc3ccc(CC)cc3)NC2=O)ccc1OCc1ccc(C(=O)O)cc1. The number of rotatable bonds is 10. The van der Waals surface area contributed by atoms with E-state index < -0.39 is 5.97 Å². The van der Waals surface area contributed by atoms with Crippen molar-refractivity contribution >= 4 is 35.4 Å². The fraction of sp³-hybridized carbons (Fsp3) is 0.214. The Kier molecular flexibility index (Phi) is 8.17. The maximum Gasteiger partial charge on any atom is 0.335 e. The molecule has 186 valence electrons. The van der Waals surface area contributed by atoms with Gasteiger partial charge in [-0.15, -0.1) is 0 Å². The summed E-state index contributed by atoms with van der Waals surface area (Å²) < 4.78 is 11.7. The molecule has 8 heteroatoms. The second-order valence-corrected chi connectivity index (χ2v) is 9.25. The van der Waals surface area contributed by atoms with Crippen LogP contribution in [0.15, 0.2) is 71.6 Å². The summed E-state index contributed by atoms with van der Waals surface area (Å²) in [5, 5.41) is 15.3. The quantitative estimate of drug-likeness (QED) is 0.313. The number of ether oxygens (including phenoxy) is 2. The molecule has 1 aliphatic rings. The molecule has 3 aromatic rings. The Bertz CT molecular complexity index is 1260. The topological polar surface area (TPSA) is 96.9 Å². The van der Waals surface area contributed by atoms with Crippen molar-refractivity contribution in [3.8, 4) is 11.5 Å². The molecule has 0 spiro atoms. The first-order valence-electron chi connectivity index (χ1n) is 11.7. The molecule has 1 saturated heterocycles. The molecule has 1 aliphatic heterocycles. The summed E-state index contributed by atoms with van der Waals surface area (Å²) in [5.74, 6) is 0.0430. The van der Waals surface area contributed by atoms with Gasteiger partial charge in [-0.25, -0.2) is 4.79 Å². The molecule has 3 N–H and O–H groups in total. The first-order valence-corrected chi connectivity index (χ1v) is 12.6. The van der Waals surface area contributed by atoms with Gasteiger partial charge in [0.05, 0.1) is 17.1 Å². The van der Waals surface area contributed by atoms with E-state index in [0.29, 0.717) is 23.0 Å². The predicted octanol–water partition coefficient (Wildman–Crippen LogP) is 5.52. The second-order valence-electron chi connectivity index (χ2n) is 8.10. The lowest BCUT2D eigenvalue weighted by molar-refractivity contribution is -0.116. The minimum absolute atomic E-state index is 0.134. The monoisotopic (exact) mass is 504 g/mol. The number of aryl methyl sites for hydroxylation is 1. The van der Waals surface area contributed by atoms with Crippen LogP contribution in [0.3, 0.4) is 0 Å². The van der Waals surface area contributed by atoms with E-state index in [4.69, 9.17) is 14.6 Å². The number of benzene rings is 3. The molecule has 7 nitrogen and oxygen atoms in total. The van der Waals surface area contributed by atoms with E-state index in [-0.39, 0.29) is 23.6 Å². The third-order valence-corrected chi connectivity index (χ3v) is 6.58. The van der Waals surface area contributed by atoms with Gasteiger partial charge in [0.1, 0.15) is 6.61 Å². The highest BCUT2D eigenvalue weighted by Crippen LogP contribution is 2.34. The molecule has 0 aromatic heterocycles. The molecule has 1 fully saturated rings. The average molecular weight is 505 g/mol. The second kappa shape index (κ2) is 11.7. The fourth-order valence-corrected chi connectivity index (χ4v) is 4.60. The van der Waals surface area contributed by atoms with Crippen molar-refractivity contribution in [2.24, 2.45) is 0 Å². The van der Waals surface area contributed by atoms with Crippen LogP contribution in [-0.2, 0) is 17.8 Å². The zero-order chi connectivity index (χ0) is 25.5. The van der Waals surface area contributed by atoms with E-state index >= 15 is 0 Å². The minimum Gasteiger partial charge on any atom is -0.490 e. The largest absolute Gasteiger partial charge is 0.490 e. The number of carbonyl (C=O) groups excluding carboxylic acids is 1. The lowest BCUT2D eigenvalue weighted by Gasteiger charge is -2.13. The first kappa shape index (κ1) is 25.2. The normalized spacial score (nSPS) is 16.0. The molecule has 36 heavy (non-hydrogen) atoms. The van der Waals surface area contributed by atoms with E-state index in [9.17, 15) is 9.59 Å². The van der Waals surface area contributed by atoms with Crippen molar-refractivity contribution in [2.45, 2.75) is 32.4 Å². The van der Waals surface area contributed by atoms with Crippen molar-refractivity contribution in [1.29, 1.82) is 0 Å². The third-order valence-electron chi connectivity index (χ3n) is 5.55. The van der Waals surface area contributed by atoms with E-state index in [0.717, 1.165) is 23.2 Å². The number of thioether (sulfide) groups is 1. The summed E-state index contributed by atoms with van der Waals surface area (Å²) in [6, 6.07) is 20.2. The van der Waals surface area contributed by atoms with Crippen LogP contribution >= 0.6 is 11.8 Å². The van der Waals surface area contributed by atoms with Crippen molar-refractivity contribution in [3.05, 3.63) is 93.9 Å². The van der Waals surface area contributed by atoms with Gasteiger partial charge in [-0.3, -0.25) is 4.79 Å². The molecule has 3 aromatic carbocycles. The van der Waals surface area contributed by atoms with Gasteiger partial charge in [0.15, 0.2) is 17.0 Å². The van der Waals surface area contributed by atoms with Gasteiger partial charge in [-0.05, 0) is 72.5 Å². The lowest BCUT2D eigenvalue weighted by Crippen LogP contribution is -2.30. The van der Waals surface area contributed by atoms with E-state index in [1.165, 1.54) is 17.3 Å². The number of carbonyl (C=O) groups is 2. The standard InChI is InChI=1S/C28H28N2O5S/c1-3-18-7-12-22(13-8-18)29-28-30-26(31)25(36-28)16-20-9-14-23(24(15-20)34-4-2)35-17-19-5-10-21(11-6-19)27(32)33/h5-16,28-29H,3-4,17H2,1-2H3,(H,30,31)(H,32,33)/b25-16+. The molecular weight excluding hydrogens is 476 g/mol. The van der Waals surface area contributed by atoms with Gasteiger partial charge < -0.3 is 25.2 Å². The highest BCUT2D eigenvalue weighted by Gasteiger charge is 2.27. The Labute approximate surface area is 214 Å². The number of hydrogen-bond donors (Lipinski definition) is 3. The molecular formula is C28H28N2O5S. The predicted molar refractivity (Wildman–Crippen MR) is 142 cm³/mol. The van der Waals surface area contributed by atoms with Crippen molar-refractivity contribution in [1.82, 2.24) is 5.32 Å². The van der Waals surface area contributed by atoms with Crippen LogP contribution in [0.5, 0.6) is 11.5 Å². The van der Waals surface area contributed by atoms with Crippen LogP contribution in [0.1, 0.15) is 40.9 Å². The van der Waals surface area contributed by atoms with Crippen molar-refractivity contribution < 1.29 is 24.2 Å². The summed E-state index contributed by atoms with van der Waals surface area (Å²) in [4.78, 5) is 24.2. The number of aromatic carboxylic acids is 1. The van der Waals surface area contributed by atoms with Crippen LogP contribution in [-0.4, -0.2) is 29.1 Å². The number of carboxylic acids is 1. The fourth-order valence-electron chi connectivity index (χ4n) is 3.61. The highest BCUT2D eigenvalue weighted by molar-refractivity contribution is 8.05. The van der Waals surface area contributed by atoms with Gasteiger partial charge in [-0.2, -0.15) is 0 Å². The molecule has 1 amide bonds. The number of amides is 1. The number of hydrogen-bond acceptors (Lipinski definition) is 6. The number of carboxylic acid groups (broad SMARTS) is 1. The van der Waals surface area contributed by atoms with E-state index in [1.807, 2.05) is 43.3 Å². The van der Waals surface area contributed by atoms with Gasteiger partial charge >= 0.3 is 5.97 Å². The zero-order valence-corrected chi connectivity index (χ0v) is 20.9. The van der Waals surface area contributed by atoms with Crippen molar-refractivity contribution in [3.63, 3.8) is 0 Å². The summed E-state index contributed by atoms with van der Waals surface area (Å²) in [7, 11) is 0. The van der Waals surface area contributed by atoms with Gasteiger partial charge in [0, 0.05) is 5.69 Å². The van der Waals surface area contributed by atoms with Crippen molar-refractivity contribution in [2.75, 3.05) is 11.9 Å². The first-order chi connectivity index (χ1) is 17.4. The summed E-state index contributed by atoms with van der Waals surface area (Å²) >= 11 is 1.43. The Morgan fingerprint density at radius 3 is 2.39 bits per heavy atom. The molecule has 1 unspecified atom stereocenters. The van der Waals surface area contributed by atoms with Crippen LogP contribution in [0, 0.1) is 0 Å². The van der Waals surface area contributed by atoms with Crippen LogP contribution < -0.4 is 20.1 Å². The van der Waals surface area contributed by atoms with Gasteiger partial charge in [0.2, 0.25) is 0 Å². The van der Waals surface area contributed by atoms with E-state index in [2.05, 4.69) is 29.7 Å². The molecule has 0 bridgehead atoms. The van der Waals surface area contributed by atoms with Crippen LogP contribution in [0.2, 0.25) is 0 Å². The summed E-state index contributed by atoms with van der Waals surface area (Å²) in [5.41, 5.74) is 3.85. The Morgan fingerprint density at radius 1 is 1.00 bits per heavy atom.